The molecule has 0 aromatic carbocycles. The van der Waals surface area contributed by atoms with E-state index in [0.717, 1.165) is 12.8 Å². The van der Waals surface area contributed by atoms with E-state index in [4.69, 9.17) is 4.43 Å². The molecule has 1 unspecified atom stereocenters. The van der Waals surface area contributed by atoms with E-state index in [9.17, 15) is 15.0 Å². The Morgan fingerprint density at radius 2 is 2.05 bits per heavy atom. The molecule has 0 aromatic rings. The summed E-state index contributed by atoms with van der Waals surface area (Å²) < 4.78 is 6.49. The topological polar surface area (TPSA) is 70.0 Å². The number of amides is 1. The van der Waals surface area contributed by atoms with Gasteiger partial charge in [0.2, 0.25) is 0 Å². The zero-order valence-corrected chi connectivity index (χ0v) is 16.9. The van der Waals surface area contributed by atoms with Crippen LogP contribution in [0.5, 0.6) is 0 Å². The SMILES string of the molecule is CC(C)(C)[Si](C)(C)O[C@H]1CCCN(C(=O)O)[C@@H]1CC(O)CBr. The van der Waals surface area contributed by atoms with E-state index < -0.39 is 20.5 Å². The Bertz CT molecular complexity index is 386. The fourth-order valence-corrected chi connectivity index (χ4v) is 4.22. The van der Waals surface area contributed by atoms with Crippen LogP contribution in [-0.2, 0) is 4.43 Å². The number of nitrogens with zero attached hydrogens (tertiary/aromatic N) is 1. The average molecular weight is 396 g/mol. The smallest absolute Gasteiger partial charge is 0.407 e. The molecule has 0 aromatic heterocycles. The monoisotopic (exact) mass is 395 g/mol. The van der Waals surface area contributed by atoms with Crippen molar-refractivity contribution in [3.05, 3.63) is 0 Å². The fraction of sp³-hybridized carbons (Fsp3) is 0.933. The highest BCUT2D eigenvalue weighted by Crippen LogP contribution is 2.39. The molecule has 1 heterocycles. The van der Waals surface area contributed by atoms with Gasteiger partial charge in [-0.25, -0.2) is 4.79 Å². The van der Waals surface area contributed by atoms with Crippen molar-refractivity contribution in [2.24, 2.45) is 0 Å². The van der Waals surface area contributed by atoms with Gasteiger partial charge in [-0.05, 0) is 37.4 Å². The molecule has 22 heavy (non-hydrogen) atoms. The summed E-state index contributed by atoms with van der Waals surface area (Å²) >= 11 is 3.26. The Morgan fingerprint density at radius 3 is 2.50 bits per heavy atom. The second-order valence-corrected chi connectivity index (χ2v) is 13.0. The summed E-state index contributed by atoms with van der Waals surface area (Å²) in [5, 5.41) is 20.0. The average Bonchev–Trinajstić information content (AvgIpc) is 2.38. The number of aliphatic hydroxyl groups excluding tert-OH is 1. The van der Waals surface area contributed by atoms with Crippen LogP contribution in [0.3, 0.4) is 0 Å². The maximum Gasteiger partial charge on any atom is 0.407 e. The molecule has 1 aliphatic heterocycles. The highest BCUT2D eigenvalue weighted by atomic mass is 79.9. The Kier molecular flexibility index (Phi) is 6.92. The van der Waals surface area contributed by atoms with Gasteiger partial charge in [-0.1, -0.05) is 36.7 Å². The van der Waals surface area contributed by atoms with Crippen LogP contribution in [0.25, 0.3) is 0 Å². The Labute approximate surface area is 143 Å². The van der Waals surface area contributed by atoms with E-state index in [1.807, 2.05) is 0 Å². The summed E-state index contributed by atoms with van der Waals surface area (Å²) in [4.78, 5) is 13.0. The van der Waals surface area contributed by atoms with Gasteiger partial charge in [-0.2, -0.15) is 0 Å². The second kappa shape index (κ2) is 7.64. The predicted molar refractivity (Wildman–Crippen MR) is 94.2 cm³/mol. The standard InChI is InChI=1S/C15H30BrNO4Si/c1-15(2,3)22(4,5)21-13-7-6-8-17(14(19)20)12(13)9-11(18)10-16/h11-13,18H,6-10H2,1-5H3,(H,19,20)/t11?,12-,13+/m1/s1. The zero-order valence-electron chi connectivity index (χ0n) is 14.3. The number of hydrogen-bond acceptors (Lipinski definition) is 3. The molecule has 2 N–H and O–H groups in total. The number of hydrogen-bond donors (Lipinski definition) is 2. The lowest BCUT2D eigenvalue weighted by molar-refractivity contribution is 0.00276. The molecule has 0 saturated carbocycles. The number of rotatable bonds is 5. The quantitative estimate of drug-likeness (QED) is 0.550. The van der Waals surface area contributed by atoms with Crippen LogP contribution in [-0.4, -0.2) is 59.6 Å². The molecule has 0 bridgehead atoms. The van der Waals surface area contributed by atoms with E-state index in [0.29, 0.717) is 18.3 Å². The molecule has 5 nitrogen and oxygen atoms in total. The third-order valence-corrected chi connectivity index (χ3v) is 10.2. The van der Waals surface area contributed by atoms with Crippen molar-refractivity contribution in [2.45, 2.75) is 76.4 Å². The molecule has 1 saturated heterocycles. The molecule has 0 radical (unpaired) electrons. The van der Waals surface area contributed by atoms with Crippen LogP contribution in [0.1, 0.15) is 40.0 Å². The van der Waals surface area contributed by atoms with Crippen molar-refractivity contribution >= 4 is 30.3 Å². The van der Waals surface area contributed by atoms with Gasteiger partial charge in [0.05, 0.1) is 18.2 Å². The minimum Gasteiger partial charge on any atom is -0.465 e. The van der Waals surface area contributed by atoms with Gasteiger partial charge >= 0.3 is 6.09 Å². The minimum atomic E-state index is -1.97. The molecular weight excluding hydrogens is 366 g/mol. The van der Waals surface area contributed by atoms with Gasteiger partial charge in [0, 0.05) is 11.9 Å². The number of likely N-dealkylation sites (tertiary alicyclic amines) is 1. The summed E-state index contributed by atoms with van der Waals surface area (Å²) in [5.41, 5.74) is 0. The lowest BCUT2D eigenvalue weighted by atomic mass is 9.95. The van der Waals surface area contributed by atoms with Gasteiger partial charge in [-0.3, -0.25) is 0 Å². The molecule has 1 rings (SSSR count). The summed E-state index contributed by atoms with van der Waals surface area (Å²) in [6, 6.07) is -0.270. The first-order valence-corrected chi connectivity index (χ1v) is 11.9. The van der Waals surface area contributed by atoms with E-state index in [1.165, 1.54) is 4.90 Å². The second-order valence-electron chi connectivity index (χ2n) is 7.65. The van der Waals surface area contributed by atoms with Gasteiger partial charge in [0.1, 0.15) is 0 Å². The lowest BCUT2D eigenvalue weighted by Crippen LogP contribution is -2.56. The van der Waals surface area contributed by atoms with Crippen molar-refractivity contribution in [2.75, 3.05) is 11.9 Å². The van der Waals surface area contributed by atoms with Crippen molar-refractivity contribution in [1.82, 2.24) is 4.90 Å². The zero-order chi connectivity index (χ0) is 17.1. The summed E-state index contributed by atoms with van der Waals surface area (Å²) in [6.45, 7) is 11.4. The van der Waals surface area contributed by atoms with Crippen LogP contribution in [0.15, 0.2) is 0 Å². The molecule has 130 valence electrons. The van der Waals surface area contributed by atoms with Gasteiger partial charge < -0.3 is 19.5 Å². The molecule has 0 spiro atoms. The number of halogens is 1. The van der Waals surface area contributed by atoms with Crippen LogP contribution in [0.2, 0.25) is 18.1 Å². The highest BCUT2D eigenvalue weighted by Gasteiger charge is 2.44. The van der Waals surface area contributed by atoms with Crippen molar-refractivity contribution in [3.63, 3.8) is 0 Å². The number of alkyl halides is 1. The predicted octanol–water partition coefficient (Wildman–Crippen LogP) is 3.67. The normalized spacial score (nSPS) is 25.1. The summed E-state index contributed by atoms with van der Waals surface area (Å²) in [7, 11) is -1.97. The first-order valence-electron chi connectivity index (χ1n) is 7.91. The lowest BCUT2D eigenvalue weighted by Gasteiger charge is -2.46. The summed E-state index contributed by atoms with van der Waals surface area (Å²) in [5.74, 6) is 0. The van der Waals surface area contributed by atoms with Gasteiger partial charge in [0.25, 0.3) is 0 Å². The van der Waals surface area contributed by atoms with E-state index >= 15 is 0 Å². The Morgan fingerprint density at radius 1 is 1.45 bits per heavy atom. The largest absolute Gasteiger partial charge is 0.465 e. The van der Waals surface area contributed by atoms with Crippen molar-refractivity contribution in [3.8, 4) is 0 Å². The first-order chi connectivity index (χ1) is 9.99. The van der Waals surface area contributed by atoms with Gasteiger partial charge in [-0.15, -0.1) is 0 Å². The van der Waals surface area contributed by atoms with Crippen LogP contribution < -0.4 is 0 Å². The highest BCUT2D eigenvalue weighted by molar-refractivity contribution is 9.09. The third-order valence-electron chi connectivity index (χ3n) is 4.91. The summed E-state index contributed by atoms with van der Waals surface area (Å²) in [6.07, 6.45) is 0.476. The van der Waals surface area contributed by atoms with E-state index in [-0.39, 0.29) is 17.2 Å². The molecule has 3 atom stereocenters. The van der Waals surface area contributed by atoms with Crippen LogP contribution >= 0.6 is 15.9 Å². The maximum atomic E-state index is 11.5. The first kappa shape index (κ1) is 19.9. The Balaban J connectivity index is 2.95. The molecule has 0 aliphatic carbocycles. The van der Waals surface area contributed by atoms with Crippen LogP contribution in [0.4, 0.5) is 4.79 Å². The molecule has 1 amide bonds. The maximum absolute atomic E-state index is 11.5. The fourth-order valence-electron chi connectivity index (χ4n) is 2.57. The number of piperidine rings is 1. The molecular formula is C15H30BrNO4Si. The van der Waals surface area contributed by atoms with Crippen molar-refractivity contribution < 1.29 is 19.4 Å². The molecule has 1 aliphatic rings. The Hall–Kier alpha value is -0.113. The number of carboxylic acid groups (broad SMARTS) is 1. The van der Waals surface area contributed by atoms with Crippen molar-refractivity contribution in [1.29, 1.82) is 0 Å². The molecule has 7 heteroatoms. The van der Waals surface area contributed by atoms with Crippen LogP contribution in [0, 0.1) is 0 Å². The van der Waals surface area contributed by atoms with E-state index in [1.54, 1.807) is 0 Å². The number of aliphatic hydroxyl groups is 1. The third kappa shape index (κ3) is 4.94. The minimum absolute atomic E-state index is 0.0804. The van der Waals surface area contributed by atoms with E-state index in [2.05, 4.69) is 49.8 Å². The number of carbonyl (C=O) groups is 1. The van der Waals surface area contributed by atoms with Gasteiger partial charge in [0.15, 0.2) is 8.32 Å². The molecule has 1 fully saturated rings.